The fraction of sp³-hybridized carbons (Fsp3) is 0.645. The summed E-state index contributed by atoms with van der Waals surface area (Å²) in [6.07, 6.45) is 18.8. The van der Waals surface area contributed by atoms with E-state index >= 15 is 0 Å². The first-order chi connectivity index (χ1) is 19.8. The number of hydrogen-bond donors (Lipinski definition) is 4. The van der Waals surface area contributed by atoms with E-state index < -0.39 is 0 Å². The number of nitrogens with zero attached hydrogens (tertiary/aromatic N) is 1. The van der Waals surface area contributed by atoms with E-state index in [1.165, 1.54) is 119 Å². The van der Waals surface area contributed by atoms with Gasteiger partial charge in [0.25, 0.3) is 0 Å². The molecule has 1 atom stereocenters. The van der Waals surface area contributed by atoms with Crippen molar-refractivity contribution in [2.75, 3.05) is 18.1 Å². The number of thiazole rings is 1. The van der Waals surface area contributed by atoms with E-state index in [9.17, 15) is 19.8 Å². The molecule has 2 aromatic rings. The smallest absolute Gasteiger partial charge is 0.237 e. The highest BCUT2D eigenvalue weighted by molar-refractivity contribution is 8.01. The molecule has 1 aromatic heterocycles. The zero-order valence-electron chi connectivity index (χ0n) is 25.0. The Labute approximate surface area is 259 Å². The normalized spacial score (nSPS) is 11.9. The van der Waals surface area contributed by atoms with Crippen LogP contribution >= 0.6 is 34.9 Å². The van der Waals surface area contributed by atoms with Crippen molar-refractivity contribution < 1.29 is 19.8 Å². The highest BCUT2D eigenvalue weighted by atomic mass is 32.2. The topological polar surface area (TPSA) is 112 Å². The molecule has 230 valence electrons. The number of aromatic hydroxyl groups is 2. The maximum atomic E-state index is 12.7. The molecule has 0 saturated carbocycles. The number of carbonyl (C=O) groups excluding carboxylic acids is 2. The summed E-state index contributed by atoms with van der Waals surface area (Å²) in [7, 11) is 1.58. The Morgan fingerprint density at radius 1 is 0.902 bits per heavy atom. The molecule has 1 unspecified atom stereocenters. The van der Waals surface area contributed by atoms with Crippen molar-refractivity contribution in [3.8, 4) is 11.5 Å². The lowest BCUT2D eigenvalue weighted by atomic mass is 10.0. The van der Waals surface area contributed by atoms with Gasteiger partial charge in [0.1, 0.15) is 11.5 Å². The van der Waals surface area contributed by atoms with E-state index in [0.29, 0.717) is 14.9 Å². The minimum Gasteiger partial charge on any atom is -0.507 e. The summed E-state index contributed by atoms with van der Waals surface area (Å²) in [5.74, 6) is 0.419. The molecule has 1 heterocycles. The van der Waals surface area contributed by atoms with E-state index in [1.54, 1.807) is 24.2 Å². The van der Waals surface area contributed by atoms with Crippen LogP contribution in [0.25, 0.3) is 0 Å². The van der Waals surface area contributed by atoms with Gasteiger partial charge < -0.3 is 20.8 Å². The number of phenolic OH excluding ortho intramolecular Hbond substituents is 2. The number of rotatable bonds is 22. The van der Waals surface area contributed by atoms with Crippen molar-refractivity contribution in [1.82, 2.24) is 10.3 Å². The van der Waals surface area contributed by atoms with E-state index in [1.807, 2.05) is 6.92 Å². The van der Waals surface area contributed by atoms with Crippen LogP contribution < -0.4 is 10.6 Å². The average Bonchev–Trinajstić information content (AvgIpc) is 3.39. The molecule has 2 rings (SSSR count). The van der Waals surface area contributed by atoms with E-state index in [0.717, 1.165) is 12.2 Å². The molecule has 0 bridgehead atoms. The van der Waals surface area contributed by atoms with Gasteiger partial charge in [0.05, 0.1) is 27.9 Å². The summed E-state index contributed by atoms with van der Waals surface area (Å²) in [4.78, 5) is 29.0. The molecular formula is C31H49N3O4S3. The molecule has 4 N–H and O–H groups in total. The Morgan fingerprint density at radius 3 is 2.07 bits per heavy atom. The number of nitrogens with one attached hydrogen (secondary N) is 2. The van der Waals surface area contributed by atoms with E-state index in [4.69, 9.17) is 0 Å². The van der Waals surface area contributed by atoms with Crippen molar-refractivity contribution in [3.63, 3.8) is 0 Å². The molecule has 2 amide bonds. The molecule has 41 heavy (non-hydrogen) atoms. The Balaban J connectivity index is 1.60. The van der Waals surface area contributed by atoms with Crippen molar-refractivity contribution in [3.05, 3.63) is 23.2 Å². The van der Waals surface area contributed by atoms with Gasteiger partial charge in [0.2, 0.25) is 11.8 Å². The Kier molecular flexibility index (Phi) is 18.0. The summed E-state index contributed by atoms with van der Waals surface area (Å²) in [5, 5.41) is 27.8. The predicted molar refractivity (Wildman–Crippen MR) is 175 cm³/mol. The third-order valence-corrected chi connectivity index (χ3v) is 10.2. The summed E-state index contributed by atoms with van der Waals surface area (Å²) >= 11 is 4.17. The number of carbonyl (C=O) groups is 2. The van der Waals surface area contributed by atoms with Gasteiger partial charge in [-0.25, -0.2) is 4.98 Å². The molecule has 0 spiro atoms. The van der Waals surface area contributed by atoms with Crippen molar-refractivity contribution >= 4 is 52.4 Å². The molecule has 0 aliphatic heterocycles. The van der Waals surface area contributed by atoms with Gasteiger partial charge in [-0.2, -0.15) is 0 Å². The quantitative estimate of drug-likeness (QED) is 0.0591. The van der Waals surface area contributed by atoms with Gasteiger partial charge in [-0.3, -0.25) is 9.59 Å². The van der Waals surface area contributed by atoms with Crippen molar-refractivity contribution in [1.29, 1.82) is 0 Å². The van der Waals surface area contributed by atoms with Gasteiger partial charge in [-0.05, 0) is 25.2 Å². The van der Waals surface area contributed by atoms with Gasteiger partial charge in [0.15, 0.2) is 4.34 Å². The Bertz CT molecular complexity index is 1050. The summed E-state index contributed by atoms with van der Waals surface area (Å²) in [6, 6.07) is 2.78. The lowest BCUT2D eigenvalue weighted by Gasteiger charge is -2.14. The fourth-order valence-electron chi connectivity index (χ4n) is 4.37. The minimum absolute atomic E-state index is 0.0612. The number of thioether (sulfide) groups is 1. The maximum Gasteiger partial charge on any atom is 0.237 e. The number of unbranched alkanes of at least 4 members (excludes halogenated alkanes) is 13. The standard InChI is InChI=1S/C31H49N3O4S3/c1-4-5-6-7-8-9-10-11-12-13-14-15-16-17-18-39-23(2)30(38)34-25-20-27(36)28(21-26(25)35)41-31-33-24(22-40-31)19-29(37)32-3/h20-23,35-36H,4-19H2,1-3H3,(H,32,37)(H,34,38). The Morgan fingerprint density at radius 2 is 1.49 bits per heavy atom. The van der Waals surface area contributed by atoms with Crippen molar-refractivity contribution in [2.45, 2.75) is 125 Å². The molecule has 0 fully saturated rings. The van der Waals surface area contributed by atoms with Crippen LogP contribution in [0.15, 0.2) is 26.7 Å². The van der Waals surface area contributed by atoms with Gasteiger partial charge >= 0.3 is 0 Å². The minimum atomic E-state index is -0.262. The van der Waals surface area contributed by atoms with Gasteiger partial charge in [-0.1, -0.05) is 102 Å². The average molecular weight is 624 g/mol. The van der Waals surface area contributed by atoms with Crippen LogP contribution in [0.3, 0.4) is 0 Å². The van der Waals surface area contributed by atoms with Gasteiger partial charge in [-0.15, -0.1) is 23.1 Å². The zero-order valence-corrected chi connectivity index (χ0v) is 27.5. The second-order valence-corrected chi connectivity index (χ2v) is 14.1. The number of hydrogen-bond acceptors (Lipinski definition) is 8. The first-order valence-corrected chi connectivity index (χ1v) is 17.9. The number of aromatic nitrogens is 1. The molecule has 10 heteroatoms. The summed E-state index contributed by atoms with van der Waals surface area (Å²) < 4.78 is 0.643. The molecule has 0 aliphatic carbocycles. The first kappa shape index (κ1) is 35.3. The van der Waals surface area contributed by atoms with Crippen LogP contribution in [-0.2, 0) is 16.0 Å². The Hall–Kier alpha value is -1.91. The molecule has 0 aliphatic rings. The number of anilines is 1. The zero-order chi connectivity index (χ0) is 29.9. The largest absolute Gasteiger partial charge is 0.507 e. The first-order valence-electron chi connectivity index (χ1n) is 15.1. The summed E-state index contributed by atoms with van der Waals surface area (Å²) in [5.41, 5.74) is 0.824. The fourth-order valence-corrected chi connectivity index (χ4v) is 7.14. The maximum absolute atomic E-state index is 12.7. The number of benzene rings is 1. The number of amides is 2. The van der Waals surface area contributed by atoms with Gasteiger partial charge in [0, 0.05) is 18.5 Å². The molecule has 7 nitrogen and oxygen atoms in total. The molecule has 0 radical (unpaired) electrons. The molecular weight excluding hydrogens is 575 g/mol. The highest BCUT2D eigenvalue weighted by Gasteiger charge is 2.18. The van der Waals surface area contributed by atoms with Crippen LogP contribution in [0.5, 0.6) is 11.5 Å². The van der Waals surface area contributed by atoms with E-state index in [-0.39, 0.29) is 40.7 Å². The highest BCUT2D eigenvalue weighted by Crippen LogP contribution is 2.41. The third kappa shape index (κ3) is 14.7. The number of phenols is 2. The predicted octanol–water partition coefficient (Wildman–Crippen LogP) is 8.54. The second kappa shape index (κ2) is 20.9. The molecule has 1 aromatic carbocycles. The second-order valence-electron chi connectivity index (χ2n) is 10.5. The SMILES string of the molecule is CCCCCCCCCCCCCCCCSC(C)C(=O)Nc1cc(O)c(Sc2nc(CC(=O)NC)cs2)cc1O. The lowest BCUT2D eigenvalue weighted by Crippen LogP contribution is -2.22. The van der Waals surface area contributed by atoms with Crippen LogP contribution in [0.1, 0.15) is 109 Å². The number of likely N-dealkylation sites (N-methyl/N-ethyl adjacent to an activating group) is 1. The summed E-state index contributed by atoms with van der Waals surface area (Å²) in [6.45, 7) is 4.13. The lowest BCUT2D eigenvalue weighted by molar-refractivity contribution is -0.120. The monoisotopic (exact) mass is 623 g/mol. The van der Waals surface area contributed by atoms with Crippen LogP contribution in [0.4, 0.5) is 5.69 Å². The molecule has 0 saturated heterocycles. The van der Waals surface area contributed by atoms with Crippen LogP contribution in [0.2, 0.25) is 0 Å². The van der Waals surface area contributed by atoms with Crippen molar-refractivity contribution in [2.24, 2.45) is 0 Å². The van der Waals surface area contributed by atoms with E-state index in [2.05, 4.69) is 22.5 Å². The van der Waals surface area contributed by atoms with Crippen LogP contribution in [0, 0.1) is 0 Å². The third-order valence-electron chi connectivity index (χ3n) is 6.92. The van der Waals surface area contributed by atoms with Crippen LogP contribution in [-0.4, -0.2) is 45.1 Å².